The second-order valence-electron chi connectivity index (χ2n) is 19.6. The van der Waals surface area contributed by atoms with Gasteiger partial charge in [0.05, 0.1) is 23.9 Å². The number of alkyl halides is 1. The third kappa shape index (κ3) is 10.8. The first-order valence-electron chi connectivity index (χ1n) is 25.1. The van der Waals surface area contributed by atoms with Crippen LogP contribution in [0.15, 0.2) is 79.0 Å². The number of benzene rings is 4. The fourth-order valence-corrected chi connectivity index (χ4v) is 12.1. The number of rotatable bonds is 16. The third-order valence-corrected chi connectivity index (χ3v) is 16.5. The van der Waals surface area contributed by atoms with Crippen LogP contribution in [0, 0.1) is 17.6 Å². The van der Waals surface area contributed by atoms with Gasteiger partial charge < -0.3 is 29.0 Å². The second kappa shape index (κ2) is 21.7. The van der Waals surface area contributed by atoms with Gasteiger partial charge in [-0.3, -0.25) is 28.9 Å². The molecule has 1 unspecified atom stereocenters. The van der Waals surface area contributed by atoms with Gasteiger partial charge >= 0.3 is 16.4 Å². The Bertz CT molecular complexity index is 3040. The Morgan fingerprint density at radius 1 is 0.784 bits per heavy atom. The number of hydrogen-bond donors (Lipinski definition) is 2. The lowest BCUT2D eigenvalue weighted by atomic mass is 9.95. The number of methoxy groups -OCH3 is 1. The van der Waals surface area contributed by atoms with Gasteiger partial charge in [0.2, 0.25) is 17.6 Å². The molecule has 2 atom stereocenters. The summed E-state index contributed by atoms with van der Waals surface area (Å²) in [5.41, 5.74) is 5.36. The summed E-state index contributed by atoms with van der Waals surface area (Å²) in [5, 5.41) is 0.443. The number of carbonyl (C=O) groups is 4. The minimum absolute atomic E-state index is 0.00600. The number of nitrogens with one attached hydrogen (secondary N) is 2. The molecule has 4 saturated heterocycles. The Kier molecular flexibility index (Phi) is 15.0. The minimum atomic E-state index is -4.35. The fourth-order valence-electron chi connectivity index (χ4n) is 10.9. The smallest absolute Gasteiger partial charge is 0.432 e. The number of aromatic amines is 1. The van der Waals surface area contributed by atoms with Gasteiger partial charge in [0.15, 0.2) is 12.5 Å². The Labute approximate surface area is 427 Å². The highest BCUT2D eigenvalue weighted by molar-refractivity contribution is 7.90. The van der Waals surface area contributed by atoms with Crippen molar-refractivity contribution in [1.82, 2.24) is 24.0 Å². The van der Waals surface area contributed by atoms with E-state index in [-0.39, 0.29) is 56.5 Å². The molecule has 0 radical (unpaired) electrons. The quantitative estimate of drug-likeness (QED) is 0.0464. The fraction of sp³-hybridized carbons (Fsp3) is 0.434. The zero-order chi connectivity index (χ0) is 51.7. The van der Waals surface area contributed by atoms with Crippen molar-refractivity contribution in [2.24, 2.45) is 5.92 Å². The number of ether oxygens (including phenoxy) is 3. The number of piperidine rings is 2. The summed E-state index contributed by atoms with van der Waals surface area (Å²) < 4.78 is 88.2. The predicted molar refractivity (Wildman–Crippen MR) is 270 cm³/mol. The molecule has 0 bridgehead atoms. The molecule has 5 aromatic rings. The SMILES string of the molecule is COCCOC(=O)OCN1C(=O)CCC(N2Cc3ccc(N4CCC(CN5CCN(c6ccc(-c7ccc8[nH]cc(C(=O)c9c(F)ccc(NS(=O)(=O)N%10CC[C@@H](F)C%10)c9F)c8c7)cc6)CC5)CC4)cc3C2)C1=O. The zero-order valence-corrected chi connectivity index (χ0v) is 41.9. The first-order chi connectivity index (χ1) is 35.7. The van der Waals surface area contributed by atoms with Crippen LogP contribution in [0.5, 0.6) is 0 Å². The van der Waals surface area contributed by atoms with Crippen molar-refractivity contribution in [2.75, 3.05) is 100 Å². The van der Waals surface area contributed by atoms with Gasteiger partial charge in [0.1, 0.15) is 18.6 Å². The molecule has 10 rings (SSSR count). The van der Waals surface area contributed by atoms with Crippen molar-refractivity contribution in [2.45, 2.75) is 57.4 Å². The van der Waals surface area contributed by atoms with Crippen molar-refractivity contribution in [3.8, 4) is 11.1 Å². The molecule has 5 aliphatic rings. The predicted octanol–water partition coefficient (Wildman–Crippen LogP) is 6.67. The molecule has 4 fully saturated rings. The molecule has 2 amide bonds. The average molecular weight is 1040 g/mol. The summed E-state index contributed by atoms with van der Waals surface area (Å²) in [6.45, 7) is 7.08. The number of aromatic nitrogens is 1. The molecule has 0 saturated carbocycles. The number of anilines is 3. The lowest BCUT2D eigenvalue weighted by Gasteiger charge is -2.40. The van der Waals surface area contributed by atoms with Crippen molar-refractivity contribution in [3.05, 3.63) is 113 Å². The molecule has 74 heavy (non-hydrogen) atoms. The molecule has 21 heteroatoms. The maximum absolute atomic E-state index is 15.8. The summed E-state index contributed by atoms with van der Waals surface area (Å²) >= 11 is 0. The van der Waals surface area contributed by atoms with Gasteiger partial charge in [0.25, 0.3) is 0 Å². The van der Waals surface area contributed by atoms with Crippen molar-refractivity contribution in [1.29, 1.82) is 0 Å². The van der Waals surface area contributed by atoms with Crippen LogP contribution in [0.25, 0.3) is 22.0 Å². The third-order valence-electron chi connectivity index (χ3n) is 15.0. The van der Waals surface area contributed by atoms with E-state index in [4.69, 9.17) is 14.2 Å². The van der Waals surface area contributed by atoms with Gasteiger partial charge in [-0.05, 0) is 102 Å². The molecule has 0 spiro atoms. The first kappa shape index (κ1) is 51.0. The number of nitrogens with zero attached hydrogens (tertiary/aromatic N) is 6. The molecule has 2 N–H and O–H groups in total. The van der Waals surface area contributed by atoms with E-state index in [0.29, 0.717) is 36.3 Å². The van der Waals surface area contributed by atoms with Crippen LogP contribution in [0.1, 0.15) is 59.2 Å². The Hall–Kier alpha value is -6.52. The number of carbonyl (C=O) groups excluding carboxylic acids is 4. The lowest BCUT2D eigenvalue weighted by molar-refractivity contribution is -0.158. The Morgan fingerprint density at radius 3 is 2.26 bits per heavy atom. The molecule has 6 heterocycles. The monoisotopic (exact) mass is 1040 g/mol. The maximum Gasteiger partial charge on any atom is 0.510 e. The number of fused-ring (bicyclic) bond motifs is 2. The molecule has 17 nitrogen and oxygen atoms in total. The summed E-state index contributed by atoms with van der Waals surface area (Å²) in [6.07, 6.45) is 1.85. The van der Waals surface area contributed by atoms with Crippen LogP contribution in [0.3, 0.4) is 0 Å². The summed E-state index contributed by atoms with van der Waals surface area (Å²) in [6, 6.07) is 21.5. The number of H-pyrrole nitrogens is 1. The van der Waals surface area contributed by atoms with Gasteiger partial charge in [-0.15, -0.1) is 0 Å². The first-order valence-corrected chi connectivity index (χ1v) is 26.5. The van der Waals surface area contributed by atoms with Crippen molar-refractivity contribution >= 4 is 61.9 Å². The van der Waals surface area contributed by atoms with Crippen LogP contribution in [-0.2, 0) is 47.1 Å². The number of piperazine rings is 1. The van der Waals surface area contributed by atoms with E-state index >= 15 is 8.78 Å². The Morgan fingerprint density at radius 2 is 1.51 bits per heavy atom. The van der Waals surface area contributed by atoms with Gasteiger partial charge in [-0.1, -0.05) is 24.3 Å². The van der Waals surface area contributed by atoms with E-state index in [0.717, 1.165) is 102 Å². The van der Waals surface area contributed by atoms with Crippen LogP contribution in [-0.4, -0.2) is 154 Å². The highest BCUT2D eigenvalue weighted by Gasteiger charge is 2.41. The molecule has 1 aromatic heterocycles. The molecule has 5 aliphatic heterocycles. The molecule has 0 aliphatic carbocycles. The van der Waals surface area contributed by atoms with Crippen molar-refractivity contribution < 1.29 is 55.0 Å². The summed E-state index contributed by atoms with van der Waals surface area (Å²) in [7, 11) is -2.87. The van der Waals surface area contributed by atoms with Crippen LogP contribution < -0.4 is 14.5 Å². The van der Waals surface area contributed by atoms with E-state index in [9.17, 15) is 32.0 Å². The van der Waals surface area contributed by atoms with E-state index in [1.165, 1.54) is 24.6 Å². The van der Waals surface area contributed by atoms with Crippen molar-refractivity contribution in [3.63, 3.8) is 0 Å². The molecule has 4 aromatic carbocycles. The summed E-state index contributed by atoms with van der Waals surface area (Å²) in [5.74, 6) is -3.63. The average Bonchev–Trinajstić information content (AvgIpc) is 4.16. The maximum atomic E-state index is 15.8. The number of likely N-dealkylation sites (tertiary alicyclic amines) is 1. The lowest BCUT2D eigenvalue weighted by Crippen LogP contribution is -2.54. The van der Waals surface area contributed by atoms with E-state index in [2.05, 4.69) is 59.6 Å². The zero-order valence-electron chi connectivity index (χ0n) is 41.1. The standard InChI is InChI=1S/C53H59F3N8O9S/c1-71-24-25-72-53(68)73-33-64-48(65)13-12-47(52(64)67)62-30-37-4-8-41(26-38(37)31-62)60-17-14-34(15-18-60)29-59-20-22-61(23-21-59)40-6-2-35(3-7-40)36-5-10-45-42(27-36)43(28-57-45)51(66)49-44(55)9-11-46(50(49)56)58-74(69,70)63-19-16-39(54)32-63/h2-11,26-28,34,39,47,57-58H,12-25,29-33H2,1H3/t39-,47?/m1/s1. The van der Waals surface area contributed by atoms with Crippen LogP contribution >= 0.6 is 0 Å². The highest BCUT2D eigenvalue weighted by Crippen LogP contribution is 2.35. The minimum Gasteiger partial charge on any atom is -0.432 e. The number of imide groups is 1. The largest absolute Gasteiger partial charge is 0.510 e. The van der Waals surface area contributed by atoms with Crippen LogP contribution in [0.4, 0.5) is 35.0 Å². The number of ketones is 1. The van der Waals surface area contributed by atoms with Gasteiger partial charge in [0, 0.05) is 120 Å². The normalized spacial score (nSPS) is 20.4. The van der Waals surface area contributed by atoms with Gasteiger partial charge in [-0.25, -0.2) is 22.9 Å². The number of hydrogen-bond acceptors (Lipinski definition) is 13. The van der Waals surface area contributed by atoms with E-state index in [1.807, 2.05) is 18.2 Å². The number of amides is 2. The molecular weight excluding hydrogens is 982 g/mol. The Balaban J connectivity index is 0.695. The molecule has 392 valence electrons. The van der Waals surface area contributed by atoms with Crippen LogP contribution in [0.2, 0.25) is 0 Å². The van der Waals surface area contributed by atoms with E-state index in [1.54, 1.807) is 12.1 Å². The molecular formula is C53H59F3N8O9S. The van der Waals surface area contributed by atoms with Gasteiger partial charge in [-0.2, -0.15) is 12.7 Å². The van der Waals surface area contributed by atoms with E-state index < -0.39 is 64.0 Å². The second-order valence-corrected chi connectivity index (χ2v) is 21.3. The summed E-state index contributed by atoms with van der Waals surface area (Å²) in [4.78, 5) is 65.4. The topological polar surface area (TPSA) is 177 Å². The number of halogens is 3. The highest BCUT2D eigenvalue weighted by atomic mass is 32.2.